The quantitative estimate of drug-likeness (QED) is 0.586. The van der Waals surface area contributed by atoms with Crippen molar-refractivity contribution in [1.29, 1.82) is 0 Å². The second-order valence-corrected chi connectivity index (χ2v) is 0.519. The maximum atomic E-state index is 9.00. The molecule has 0 bridgehead atoms. The maximum absolute atomic E-state index is 9.00. The fraction of sp³-hybridized carbons (Fsp3) is 0.500. The van der Waals surface area contributed by atoms with Crippen molar-refractivity contribution in [2.75, 3.05) is 0 Å². The Morgan fingerprint density at radius 3 is 1.43 bits per heavy atom. The van der Waals surface area contributed by atoms with E-state index in [-0.39, 0.29) is 46.5 Å². The molecule has 0 aromatic heterocycles. The minimum Gasteiger partial charge on any atom is -0.481 e. The molecule has 0 aliphatic rings. The van der Waals surface area contributed by atoms with Gasteiger partial charge in [-0.3, -0.25) is 4.79 Å². The molecule has 2 radical (unpaired) electrons. The molecule has 0 fully saturated rings. The van der Waals surface area contributed by atoms with Gasteiger partial charge in [-0.2, -0.15) is 0 Å². The van der Waals surface area contributed by atoms with Gasteiger partial charge in [-0.25, -0.2) is 0 Å². The Bertz CT molecular complexity index is 36.7. The van der Waals surface area contributed by atoms with Crippen LogP contribution in [0.1, 0.15) is 6.92 Å². The molecule has 0 aromatic carbocycles. The molecule has 46 valence electrons. The summed E-state index contributed by atoms with van der Waals surface area (Å²) in [6.07, 6.45) is 0. The first-order valence-corrected chi connectivity index (χ1v) is 0.928. The average Bonchev–Trinajstić information content (AvgIpc) is 0.811. The maximum Gasteiger partial charge on any atom is 0.300 e. The summed E-state index contributed by atoms with van der Waals surface area (Å²) in [4.78, 5) is 9.00. The van der Waals surface area contributed by atoms with Gasteiger partial charge in [0, 0.05) is 41.1 Å². The fourth-order valence-electron chi connectivity index (χ4n) is 0. The molecular weight excluding hydrogens is 201 g/mol. The Morgan fingerprint density at radius 1 is 1.43 bits per heavy atom. The van der Waals surface area contributed by atoms with Crippen LogP contribution in [0.3, 0.4) is 0 Å². The van der Waals surface area contributed by atoms with E-state index in [2.05, 4.69) is 0 Å². The number of hydrogen-bond donors (Lipinski definition) is 1. The van der Waals surface area contributed by atoms with E-state index in [1.54, 1.807) is 0 Å². The zero-order valence-electron chi connectivity index (χ0n) is 3.52. The van der Waals surface area contributed by atoms with Gasteiger partial charge in [-0.05, 0) is 0 Å². The third-order valence-corrected chi connectivity index (χ3v) is 0. The monoisotopic (exact) mass is 206 g/mol. The van der Waals surface area contributed by atoms with Crippen LogP contribution in [-0.2, 0) is 38.9 Å². The standard InChI is InChI=1S/C2H4O2.ClH.2Mn/c1-2(3)4;;;/h1H3,(H,3,4);1H;;. The molecule has 0 aromatic rings. The van der Waals surface area contributed by atoms with Crippen molar-refractivity contribution < 1.29 is 44.0 Å². The van der Waals surface area contributed by atoms with Crippen molar-refractivity contribution in [2.24, 2.45) is 0 Å². The van der Waals surface area contributed by atoms with Crippen LogP contribution in [0.5, 0.6) is 0 Å². The number of carboxylic acid groups (broad SMARTS) is 1. The molecule has 5 heteroatoms. The van der Waals surface area contributed by atoms with Gasteiger partial charge in [0.05, 0.1) is 0 Å². The van der Waals surface area contributed by atoms with Gasteiger partial charge < -0.3 is 5.11 Å². The molecule has 0 atom stereocenters. The second kappa shape index (κ2) is 15.8. The summed E-state index contributed by atoms with van der Waals surface area (Å²) in [6, 6.07) is 0. The third kappa shape index (κ3) is 245. The number of rotatable bonds is 0. The molecular formula is C2H5ClMn2O2. The van der Waals surface area contributed by atoms with E-state index in [0.29, 0.717) is 0 Å². The van der Waals surface area contributed by atoms with E-state index >= 15 is 0 Å². The van der Waals surface area contributed by atoms with Crippen molar-refractivity contribution >= 4 is 18.4 Å². The Kier molecular flexibility index (Phi) is 56.5. The first-order valence-electron chi connectivity index (χ1n) is 0.928. The Morgan fingerprint density at radius 2 is 1.43 bits per heavy atom. The van der Waals surface area contributed by atoms with E-state index in [9.17, 15) is 0 Å². The molecule has 0 saturated heterocycles. The van der Waals surface area contributed by atoms with Crippen LogP contribution in [-0.4, -0.2) is 11.1 Å². The minimum atomic E-state index is -0.833. The Balaban J connectivity index is -0.0000000150. The molecule has 2 nitrogen and oxygen atoms in total. The van der Waals surface area contributed by atoms with Crippen LogP contribution in [0, 0.1) is 0 Å². The van der Waals surface area contributed by atoms with Crippen LogP contribution >= 0.6 is 12.4 Å². The number of carboxylic acids is 1. The Hall–Kier alpha value is 0.799. The molecule has 0 unspecified atom stereocenters. The summed E-state index contributed by atoms with van der Waals surface area (Å²) in [6.45, 7) is 1.08. The SMILES string of the molecule is CC(=O)O.Cl.[Mn].[Mn]. The number of aliphatic carboxylic acids is 1. The molecule has 0 spiro atoms. The number of carbonyl (C=O) groups is 1. The van der Waals surface area contributed by atoms with Crippen LogP contribution in [0.25, 0.3) is 0 Å². The van der Waals surface area contributed by atoms with Gasteiger partial charge in [0.2, 0.25) is 0 Å². The summed E-state index contributed by atoms with van der Waals surface area (Å²) in [5.74, 6) is -0.833. The van der Waals surface area contributed by atoms with E-state index in [0.717, 1.165) is 6.92 Å². The number of hydrogen-bond acceptors (Lipinski definition) is 1. The zero-order valence-corrected chi connectivity index (χ0v) is 6.70. The molecule has 0 rings (SSSR count). The summed E-state index contributed by atoms with van der Waals surface area (Å²) in [5.41, 5.74) is 0. The van der Waals surface area contributed by atoms with Crippen molar-refractivity contribution in [3.8, 4) is 0 Å². The summed E-state index contributed by atoms with van der Waals surface area (Å²) in [5, 5.41) is 7.42. The van der Waals surface area contributed by atoms with Gasteiger partial charge in [-0.1, -0.05) is 0 Å². The smallest absolute Gasteiger partial charge is 0.300 e. The van der Waals surface area contributed by atoms with Crippen molar-refractivity contribution in [2.45, 2.75) is 6.92 Å². The van der Waals surface area contributed by atoms with Crippen molar-refractivity contribution in [1.82, 2.24) is 0 Å². The molecule has 0 heterocycles. The van der Waals surface area contributed by atoms with Gasteiger partial charge in [0.1, 0.15) is 0 Å². The van der Waals surface area contributed by atoms with Crippen LogP contribution < -0.4 is 0 Å². The number of halogens is 1. The Labute approximate surface area is 69.4 Å². The van der Waals surface area contributed by atoms with E-state index in [1.807, 2.05) is 0 Å². The van der Waals surface area contributed by atoms with Crippen molar-refractivity contribution in [3.63, 3.8) is 0 Å². The average molecular weight is 206 g/mol. The molecule has 0 amide bonds. The van der Waals surface area contributed by atoms with E-state index in [1.165, 1.54) is 0 Å². The predicted molar refractivity (Wildman–Crippen MR) is 20.6 cm³/mol. The topological polar surface area (TPSA) is 37.3 Å². The molecule has 0 aliphatic carbocycles. The van der Waals surface area contributed by atoms with Crippen LogP contribution in [0.4, 0.5) is 0 Å². The van der Waals surface area contributed by atoms with Crippen LogP contribution in [0.2, 0.25) is 0 Å². The van der Waals surface area contributed by atoms with Gasteiger partial charge in [-0.15, -0.1) is 12.4 Å². The van der Waals surface area contributed by atoms with Gasteiger partial charge in [0.15, 0.2) is 0 Å². The summed E-state index contributed by atoms with van der Waals surface area (Å²) in [7, 11) is 0. The first kappa shape index (κ1) is 25.0. The predicted octanol–water partition coefficient (Wildman–Crippen LogP) is 0.508. The van der Waals surface area contributed by atoms with E-state index < -0.39 is 5.97 Å². The second-order valence-electron chi connectivity index (χ2n) is 0.519. The molecule has 1 N–H and O–H groups in total. The van der Waals surface area contributed by atoms with Crippen molar-refractivity contribution in [3.05, 3.63) is 0 Å². The first-order chi connectivity index (χ1) is 1.73. The van der Waals surface area contributed by atoms with Gasteiger partial charge in [0.25, 0.3) is 5.97 Å². The molecule has 0 saturated carbocycles. The van der Waals surface area contributed by atoms with E-state index in [4.69, 9.17) is 9.90 Å². The third-order valence-electron chi connectivity index (χ3n) is 0. The minimum absolute atomic E-state index is 0. The fourth-order valence-corrected chi connectivity index (χ4v) is 0. The normalized spacial score (nSPS) is 3.57. The van der Waals surface area contributed by atoms with Crippen LogP contribution in [0.15, 0.2) is 0 Å². The molecule has 7 heavy (non-hydrogen) atoms. The molecule has 0 aliphatic heterocycles. The summed E-state index contributed by atoms with van der Waals surface area (Å²) >= 11 is 0. The van der Waals surface area contributed by atoms with Gasteiger partial charge >= 0.3 is 0 Å². The largest absolute Gasteiger partial charge is 0.481 e. The zero-order chi connectivity index (χ0) is 3.58. The summed E-state index contributed by atoms with van der Waals surface area (Å²) < 4.78 is 0.